The molecule has 128 valence electrons. The molecule has 0 bridgehead atoms. The Kier molecular flexibility index (Phi) is 6.56. The maximum atomic E-state index is 10.8. The van der Waals surface area contributed by atoms with Gasteiger partial charge in [-0.25, -0.2) is 0 Å². The Hall–Kier alpha value is -3.31. The van der Waals surface area contributed by atoms with E-state index in [2.05, 4.69) is 16.3 Å². The number of hydrogen-bond acceptors (Lipinski definition) is 7. The number of benzene rings is 2. The molecule has 2 rings (SSSR count). The third-order valence-corrected chi connectivity index (χ3v) is 3.17. The molecule has 0 radical (unpaired) electrons. The van der Waals surface area contributed by atoms with Crippen LogP contribution in [-0.2, 0) is 4.84 Å². The summed E-state index contributed by atoms with van der Waals surface area (Å²) in [5, 5.41) is 29.2. The van der Waals surface area contributed by atoms with Crippen LogP contribution in [0.25, 0.3) is 0 Å². The minimum atomic E-state index is -0.475. The van der Waals surface area contributed by atoms with Crippen LogP contribution in [0.1, 0.15) is 13.3 Å². The highest BCUT2D eigenvalue weighted by molar-refractivity contribution is 5.52. The zero-order valence-corrected chi connectivity index (χ0v) is 13.7. The Morgan fingerprint density at radius 3 is 2.56 bits per heavy atom. The molecule has 0 amide bonds. The minimum absolute atomic E-state index is 0.0309. The average molecular weight is 339 g/mol. The maximum Gasteiger partial charge on any atom is 0.271 e. The third kappa shape index (κ3) is 5.37. The van der Waals surface area contributed by atoms with Gasteiger partial charge in [0, 0.05) is 12.1 Å². The SMILES string of the molecule is CCON(CCC#N)c1ccc(N=Nc2cccc([N+](=O)[O-])c2)cc1. The van der Waals surface area contributed by atoms with Gasteiger partial charge in [0.2, 0.25) is 0 Å². The molecule has 0 aliphatic heterocycles. The molecule has 8 nitrogen and oxygen atoms in total. The van der Waals surface area contributed by atoms with Crippen molar-refractivity contribution in [1.29, 1.82) is 5.26 Å². The monoisotopic (exact) mass is 339 g/mol. The second-order valence-corrected chi connectivity index (χ2v) is 4.92. The molecule has 0 aromatic heterocycles. The summed E-state index contributed by atoms with van der Waals surface area (Å²) in [6.07, 6.45) is 0.355. The van der Waals surface area contributed by atoms with E-state index in [1.807, 2.05) is 19.1 Å². The van der Waals surface area contributed by atoms with Crippen LogP contribution in [0.5, 0.6) is 0 Å². The summed E-state index contributed by atoms with van der Waals surface area (Å²) >= 11 is 0. The predicted molar refractivity (Wildman–Crippen MR) is 92.9 cm³/mol. The largest absolute Gasteiger partial charge is 0.274 e. The fourth-order valence-electron chi connectivity index (χ4n) is 2.05. The number of hydrogen-bond donors (Lipinski definition) is 0. The van der Waals surface area contributed by atoms with Crippen molar-refractivity contribution < 1.29 is 9.76 Å². The lowest BCUT2D eigenvalue weighted by molar-refractivity contribution is -0.384. The van der Waals surface area contributed by atoms with Crippen LogP contribution in [0.2, 0.25) is 0 Å². The van der Waals surface area contributed by atoms with Crippen LogP contribution in [-0.4, -0.2) is 18.1 Å². The number of azo groups is 1. The van der Waals surface area contributed by atoms with E-state index in [-0.39, 0.29) is 5.69 Å². The van der Waals surface area contributed by atoms with Gasteiger partial charge < -0.3 is 0 Å². The summed E-state index contributed by atoms with van der Waals surface area (Å²) in [6, 6.07) is 15.2. The van der Waals surface area contributed by atoms with Gasteiger partial charge >= 0.3 is 0 Å². The molecule has 0 atom stereocenters. The first kappa shape index (κ1) is 18.0. The van der Waals surface area contributed by atoms with Crippen LogP contribution in [0.4, 0.5) is 22.7 Å². The zero-order valence-electron chi connectivity index (χ0n) is 13.7. The van der Waals surface area contributed by atoms with Gasteiger partial charge in [0.15, 0.2) is 0 Å². The van der Waals surface area contributed by atoms with Gasteiger partial charge in [-0.15, -0.1) is 0 Å². The van der Waals surface area contributed by atoms with Gasteiger partial charge in [0.1, 0.15) is 0 Å². The number of non-ortho nitro benzene ring substituents is 1. The lowest BCUT2D eigenvalue weighted by Gasteiger charge is -2.22. The van der Waals surface area contributed by atoms with Crippen LogP contribution in [0.3, 0.4) is 0 Å². The molecule has 8 heteroatoms. The van der Waals surface area contributed by atoms with Gasteiger partial charge in [-0.05, 0) is 37.3 Å². The lowest BCUT2D eigenvalue weighted by atomic mass is 10.2. The topological polar surface area (TPSA) is 104 Å². The average Bonchev–Trinajstić information content (AvgIpc) is 2.64. The van der Waals surface area contributed by atoms with E-state index in [9.17, 15) is 10.1 Å². The molecule has 0 heterocycles. The molecule has 0 unspecified atom stereocenters. The fraction of sp³-hybridized carbons (Fsp3) is 0.235. The second-order valence-electron chi connectivity index (χ2n) is 4.92. The molecule has 0 aliphatic carbocycles. The Bertz CT molecular complexity index is 784. The van der Waals surface area contributed by atoms with Gasteiger partial charge in [0.05, 0.1) is 47.6 Å². The lowest BCUT2D eigenvalue weighted by Crippen LogP contribution is -2.24. The van der Waals surface area contributed by atoms with E-state index in [0.717, 1.165) is 5.69 Å². The number of nitro benzene ring substituents is 1. The van der Waals surface area contributed by atoms with Gasteiger partial charge in [-0.2, -0.15) is 15.5 Å². The molecule has 0 N–H and O–H groups in total. The van der Waals surface area contributed by atoms with Crippen LogP contribution >= 0.6 is 0 Å². The molecular weight excluding hydrogens is 322 g/mol. The molecule has 0 spiro atoms. The molecule has 0 fully saturated rings. The van der Waals surface area contributed by atoms with Crippen molar-refractivity contribution in [1.82, 2.24) is 0 Å². The molecule has 2 aromatic rings. The van der Waals surface area contributed by atoms with Crippen molar-refractivity contribution in [2.75, 3.05) is 18.2 Å². The number of rotatable bonds is 8. The van der Waals surface area contributed by atoms with E-state index in [4.69, 9.17) is 10.1 Å². The van der Waals surface area contributed by atoms with Gasteiger partial charge in [0.25, 0.3) is 5.69 Å². The van der Waals surface area contributed by atoms with Crippen molar-refractivity contribution in [2.45, 2.75) is 13.3 Å². The smallest absolute Gasteiger partial charge is 0.271 e. The van der Waals surface area contributed by atoms with E-state index in [1.54, 1.807) is 29.3 Å². The first-order chi connectivity index (χ1) is 12.1. The normalized spacial score (nSPS) is 10.6. The van der Waals surface area contributed by atoms with Gasteiger partial charge in [-0.1, -0.05) is 6.07 Å². The van der Waals surface area contributed by atoms with Crippen molar-refractivity contribution >= 4 is 22.7 Å². The summed E-state index contributed by atoms with van der Waals surface area (Å²) in [4.78, 5) is 15.8. The summed E-state index contributed by atoms with van der Waals surface area (Å²) < 4.78 is 0. The van der Waals surface area contributed by atoms with Crippen molar-refractivity contribution in [3.8, 4) is 6.07 Å². The Morgan fingerprint density at radius 2 is 1.92 bits per heavy atom. The van der Waals surface area contributed by atoms with Crippen molar-refractivity contribution in [2.24, 2.45) is 10.2 Å². The molecule has 0 saturated carbocycles. The first-order valence-corrected chi connectivity index (χ1v) is 7.67. The number of nitro groups is 1. The highest BCUT2D eigenvalue weighted by Gasteiger charge is 2.07. The summed E-state index contributed by atoms with van der Waals surface area (Å²) in [5.74, 6) is 0. The van der Waals surface area contributed by atoms with E-state index in [0.29, 0.717) is 30.9 Å². The van der Waals surface area contributed by atoms with Crippen LogP contribution in [0.15, 0.2) is 58.8 Å². The highest BCUT2D eigenvalue weighted by atomic mass is 16.7. The van der Waals surface area contributed by atoms with Crippen LogP contribution < -0.4 is 5.06 Å². The fourth-order valence-corrected chi connectivity index (χ4v) is 2.05. The molecular formula is C17H17N5O3. The Morgan fingerprint density at radius 1 is 1.20 bits per heavy atom. The minimum Gasteiger partial charge on any atom is -0.274 e. The van der Waals surface area contributed by atoms with E-state index in [1.165, 1.54) is 12.1 Å². The number of nitriles is 1. The summed E-state index contributed by atoms with van der Waals surface area (Å²) in [7, 11) is 0. The summed E-state index contributed by atoms with van der Waals surface area (Å²) in [5.41, 5.74) is 1.79. The Balaban J connectivity index is 2.10. The number of nitrogens with zero attached hydrogens (tertiary/aromatic N) is 5. The summed E-state index contributed by atoms with van der Waals surface area (Å²) in [6.45, 7) is 2.85. The van der Waals surface area contributed by atoms with E-state index < -0.39 is 4.92 Å². The molecule has 25 heavy (non-hydrogen) atoms. The van der Waals surface area contributed by atoms with Gasteiger partial charge in [-0.3, -0.25) is 20.0 Å². The Labute approximate surface area is 145 Å². The zero-order chi connectivity index (χ0) is 18.1. The predicted octanol–water partition coefficient (Wildman–Crippen LogP) is 4.68. The van der Waals surface area contributed by atoms with Crippen LogP contribution in [0, 0.1) is 21.4 Å². The standard InChI is InChI=1S/C17H17N5O3/c1-2-25-21(12-4-11-18)16-9-7-14(8-10-16)19-20-15-5-3-6-17(13-15)22(23)24/h3,5-10,13H,2,4,12H2,1H3. The quantitative estimate of drug-likeness (QED) is 0.394. The van der Waals surface area contributed by atoms with Crippen molar-refractivity contribution in [3.63, 3.8) is 0 Å². The number of hydroxylamine groups is 1. The maximum absolute atomic E-state index is 10.8. The highest BCUT2D eigenvalue weighted by Crippen LogP contribution is 2.24. The molecule has 0 aliphatic rings. The molecule has 0 saturated heterocycles. The number of anilines is 1. The first-order valence-electron chi connectivity index (χ1n) is 7.67. The second kappa shape index (κ2) is 9.10. The third-order valence-electron chi connectivity index (χ3n) is 3.17. The van der Waals surface area contributed by atoms with Crippen molar-refractivity contribution in [3.05, 3.63) is 58.6 Å². The molecule has 2 aromatic carbocycles. The van der Waals surface area contributed by atoms with E-state index >= 15 is 0 Å².